The predicted molar refractivity (Wildman–Crippen MR) is 97.0 cm³/mol. The highest BCUT2D eigenvalue weighted by Gasteiger charge is 2.44. The van der Waals surface area contributed by atoms with Crippen LogP contribution in [-0.2, 0) is 10.2 Å². The molecule has 0 saturated carbocycles. The maximum atomic E-state index is 12.7. The number of likely N-dealkylation sites (tertiary alicyclic amines) is 1. The summed E-state index contributed by atoms with van der Waals surface area (Å²) in [5.41, 5.74) is -0.0685. The van der Waals surface area contributed by atoms with Crippen LogP contribution in [0.25, 0.3) is 0 Å². The fourth-order valence-electron chi connectivity index (χ4n) is 3.23. The van der Waals surface area contributed by atoms with Crippen LogP contribution in [0.4, 0.5) is 0 Å². The van der Waals surface area contributed by atoms with E-state index in [4.69, 9.17) is 0 Å². The SMILES string of the molecule is CSc1ccsc1C(=O)N1CCC(C(=O)O)(c2ccccc2)CC1. The normalized spacial score (nSPS) is 16.8. The van der Waals surface area contributed by atoms with Crippen LogP contribution >= 0.6 is 23.1 Å². The van der Waals surface area contributed by atoms with Crippen LogP contribution in [0.2, 0.25) is 0 Å². The summed E-state index contributed by atoms with van der Waals surface area (Å²) in [6, 6.07) is 11.3. The fourth-order valence-corrected chi connectivity index (χ4v) is 4.94. The Labute approximate surface area is 149 Å². The number of amides is 1. The number of aliphatic carboxylic acids is 1. The summed E-state index contributed by atoms with van der Waals surface area (Å²) < 4.78 is 0. The molecule has 1 aliphatic heterocycles. The Balaban J connectivity index is 1.79. The third-order valence-electron chi connectivity index (χ3n) is 4.68. The van der Waals surface area contributed by atoms with Crippen molar-refractivity contribution in [3.05, 3.63) is 52.2 Å². The molecular formula is C18H19NO3S2. The van der Waals surface area contributed by atoms with Crippen molar-refractivity contribution in [2.75, 3.05) is 19.3 Å². The van der Waals surface area contributed by atoms with Crippen LogP contribution in [0.5, 0.6) is 0 Å². The average molecular weight is 361 g/mol. The van der Waals surface area contributed by atoms with E-state index in [2.05, 4.69) is 0 Å². The first-order valence-corrected chi connectivity index (χ1v) is 9.88. The number of carbonyl (C=O) groups excluding carboxylic acids is 1. The molecule has 1 aliphatic rings. The zero-order chi connectivity index (χ0) is 17.2. The molecule has 0 aliphatic carbocycles. The van der Waals surface area contributed by atoms with Crippen molar-refractivity contribution in [1.29, 1.82) is 0 Å². The second kappa shape index (κ2) is 6.99. The second-order valence-electron chi connectivity index (χ2n) is 5.86. The Kier molecular flexibility index (Phi) is 4.96. The first-order valence-electron chi connectivity index (χ1n) is 7.78. The van der Waals surface area contributed by atoms with E-state index in [1.807, 2.05) is 48.0 Å². The second-order valence-corrected chi connectivity index (χ2v) is 7.63. The van der Waals surface area contributed by atoms with E-state index in [1.54, 1.807) is 16.7 Å². The predicted octanol–water partition coefficient (Wildman–Crippen LogP) is 3.73. The van der Waals surface area contributed by atoms with E-state index in [-0.39, 0.29) is 5.91 Å². The Morgan fingerprint density at radius 1 is 1.17 bits per heavy atom. The van der Waals surface area contributed by atoms with E-state index in [1.165, 1.54) is 11.3 Å². The van der Waals surface area contributed by atoms with Crippen molar-refractivity contribution in [1.82, 2.24) is 4.90 Å². The number of rotatable bonds is 4. The molecule has 4 nitrogen and oxygen atoms in total. The quantitative estimate of drug-likeness (QED) is 0.843. The molecule has 0 bridgehead atoms. The van der Waals surface area contributed by atoms with Crippen molar-refractivity contribution in [2.24, 2.45) is 0 Å². The number of carboxylic acid groups (broad SMARTS) is 1. The van der Waals surface area contributed by atoms with Crippen molar-refractivity contribution in [3.63, 3.8) is 0 Å². The van der Waals surface area contributed by atoms with Crippen LogP contribution in [0.15, 0.2) is 46.7 Å². The smallest absolute Gasteiger partial charge is 0.314 e. The lowest BCUT2D eigenvalue weighted by atomic mass is 9.73. The largest absolute Gasteiger partial charge is 0.481 e. The Morgan fingerprint density at radius 3 is 2.42 bits per heavy atom. The molecular weight excluding hydrogens is 342 g/mol. The van der Waals surface area contributed by atoms with Gasteiger partial charge in [-0.25, -0.2) is 0 Å². The molecule has 0 unspecified atom stereocenters. The Hall–Kier alpha value is -1.79. The Bertz CT molecular complexity index is 734. The summed E-state index contributed by atoms with van der Waals surface area (Å²) in [7, 11) is 0. The average Bonchev–Trinajstić information content (AvgIpc) is 3.10. The zero-order valence-corrected chi connectivity index (χ0v) is 15.0. The molecule has 1 N–H and O–H groups in total. The van der Waals surface area contributed by atoms with Crippen LogP contribution in [0.1, 0.15) is 28.1 Å². The van der Waals surface area contributed by atoms with E-state index >= 15 is 0 Å². The highest BCUT2D eigenvalue weighted by atomic mass is 32.2. The molecule has 1 saturated heterocycles. The van der Waals surface area contributed by atoms with Crippen LogP contribution in [0, 0.1) is 0 Å². The van der Waals surface area contributed by atoms with Gasteiger partial charge in [0.1, 0.15) is 4.88 Å². The van der Waals surface area contributed by atoms with E-state index in [0.29, 0.717) is 25.9 Å². The number of benzene rings is 1. The number of carbonyl (C=O) groups is 2. The van der Waals surface area contributed by atoms with E-state index in [9.17, 15) is 14.7 Å². The van der Waals surface area contributed by atoms with Gasteiger partial charge in [0, 0.05) is 18.0 Å². The number of carboxylic acids is 1. The lowest BCUT2D eigenvalue weighted by Gasteiger charge is -2.39. The van der Waals surface area contributed by atoms with Crippen LogP contribution < -0.4 is 0 Å². The summed E-state index contributed by atoms with van der Waals surface area (Å²) in [6.45, 7) is 0.928. The molecule has 6 heteroatoms. The molecule has 2 aromatic rings. The molecule has 126 valence electrons. The van der Waals surface area contributed by atoms with Crippen molar-refractivity contribution in [3.8, 4) is 0 Å². The number of thioether (sulfide) groups is 1. The van der Waals surface area contributed by atoms with Gasteiger partial charge >= 0.3 is 5.97 Å². The summed E-state index contributed by atoms with van der Waals surface area (Å²) in [4.78, 5) is 28.2. The highest BCUT2D eigenvalue weighted by molar-refractivity contribution is 7.98. The molecule has 24 heavy (non-hydrogen) atoms. The van der Waals surface area contributed by atoms with Crippen LogP contribution in [0.3, 0.4) is 0 Å². The van der Waals surface area contributed by atoms with Gasteiger partial charge in [0.15, 0.2) is 0 Å². The minimum atomic E-state index is -0.893. The first-order chi connectivity index (χ1) is 11.6. The van der Waals surface area contributed by atoms with Gasteiger partial charge in [-0.15, -0.1) is 23.1 Å². The van der Waals surface area contributed by atoms with E-state index in [0.717, 1.165) is 15.3 Å². The van der Waals surface area contributed by atoms with Gasteiger partial charge in [-0.3, -0.25) is 9.59 Å². The monoisotopic (exact) mass is 361 g/mol. The topological polar surface area (TPSA) is 57.6 Å². The molecule has 2 heterocycles. The fraction of sp³-hybridized carbons (Fsp3) is 0.333. The molecule has 3 rings (SSSR count). The van der Waals surface area contributed by atoms with E-state index < -0.39 is 11.4 Å². The lowest BCUT2D eigenvalue weighted by molar-refractivity contribution is -0.145. The standard InChI is InChI=1S/C18H19NO3S2/c1-23-14-7-12-24-15(14)16(20)19-10-8-18(9-11-19,17(21)22)13-5-3-2-4-6-13/h2-7,12H,8-11H2,1H3,(H,21,22). The van der Waals surface area contributed by atoms with Gasteiger partial charge in [-0.05, 0) is 36.1 Å². The maximum absolute atomic E-state index is 12.7. The summed E-state index contributed by atoms with van der Waals surface area (Å²) in [5.74, 6) is -0.789. The lowest BCUT2D eigenvalue weighted by Crippen LogP contribution is -2.49. The number of hydrogen-bond donors (Lipinski definition) is 1. The molecule has 0 spiro atoms. The third kappa shape index (κ3) is 2.96. The van der Waals surface area contributed by atoms with Crippen molar-refractivity contribution < 1.29 is 14.7 Å². The molecule has 1 aromatic carbocycles. The summed E-state index contributed by atoms with van der Waals surface area (Å²) >= 11 is 3.01. The maximum Gasteiger partial charge on any atom is 0.314 e. The molecule has 0 radical (unpaired) electrons. The first kappa shape index (κ1) is 17.0. The minimum Gasteiger partial charge on any atom is -0.481 e. The van der Waals surface area contributed by atoms with Gasteiger partial charge in [0.2, 0.25) is 0 Å². The van der Waals surface area contributed by atoms with Gasteiger partial charge in [0.25, 0.3) is 5.91 Å². The number of hydrogen-bond acceptors (Lipinski definition) is 4. The molecule has 0 atom stereocenters. The van der Waals surface area contributed by atoms with Crippen molar-refractivity contribution >= 4 is 35.0 Å². The highest BCUT2D eigenvalue weighted by Crippen LogP contribution is 2.37. The zero-order valence-electron chi connectivity index (χ0n) is 13.4. The molecule has 1 aromatic heterocycles. The number of thiophene rings is 1. The van der Waals surface area contributed by atoms with Crippen molar-refractivity contribution in [2.45, 2.75) is 23.2 Å². The van der Waals surface area contributed by atoms with Crippen LogP contribution in [-0.4, -0.2) is 41.2 Å². The minimum absolute atomic E-state index is 0.0152. The summed E-state index contributed by atoms with van der Waals surface area (Å²) in [6.07, 6.45) is 2.84. The van der Waals surface area contributed by atoms with Gasteiger partial charge in [-0.1, -0.05) is 30.3 Å². The number of piperidine rings is 1. The molecule has 1 fully saturated rings. The third-order valence-corrected chi connectivity index (χ3v) is 6.49. The number of nitrogens with zero attached hydrogens (tertiary/aromatic N) is 1. The molecule has 1 amide bonds. The Morgan fingerprint density at radius 2 is 1.83 bits per heavy atom. The summed E-state index contributed by atoms with van der Waals surface area (Å²) in [5, 5.41) is 11.8. The van der Waals surface area contributed by atoms with Gasteiger partial charge in [0.05, 0.1) is 5.41 Å². The van der Waals surface area contributed by atoms with Gasteiger partial charge in [-0.2, -0.15) is 0 Å². The van der Waals surface area contributed by atoms with Gasteiger partial charge < -0.3 is 10.0 Å².